The smallest absolute Gasteiger partial charge is 0.0312 e. The predicted molar refractivity (Wildman–Crippen MR) is 78.4 cm³/mol. The summed E-state index contributed by atoms with van der Waals surface area (Å²) >= 11 is 3.45. The maximum atomic E-state index is 4.11. The van der Waals surface area contributed by atoms with Crippen molar-refractivity contribution in [3.8, 4) is 0 Å². The van der Waals surface area contributed by atoms with Crippen molar-refractivity contribution in [2.75, 3.05) is 0 Å². The van der Waals surface area contributed by atoms with Crippen LogP contribution in [0.1, 0.15) is 18.1 Å². The second-order valence-corrected chi connectivity index (χ2v) is 5.39. The van der Waals surface area contributed by atoms with Gasteiger partial charge in [0, 0.05) is 29.5 Å². The molecular formula is C15H17BrN2. The molecule has 1 atom stereocenters. The molecule has 3 heteroatoms. The number of benzene rings is 1. The van der Waals surface area contributed by atoms with Crippen molar-refractivity contribution in [2.45, 2.75) is 25.9 Å². The molecule has 18 heavy (non-hydrogen) atoms. The van der Waals surface area contributed by atoms with Crippen LogP contribution >= 0.6 is 15.9 Å². The fourth-order valence-corrected chi connectivity index (χ4v) is 2.11. The fourth-order valence-electron chi connectivity index (χ4n) is 1.84. The van der Waals surface area contributed by atoms with Gasteiger partial charge in [-0.1, -0.05) is 34.1 Å². The lowest BCUT2D eigenvalue weighted by atomic mass is 10.1. The minimum Gasteiger partial charge on any atom is -0.310 e. The second-order valence-electron chi connectivity index (χ2n) is 4.47. The van der Waals surface area contributed by atoms with Crippen molar-refractivity contribution in [3.05, 3.63) is 64.4 Å². The number of pyridine rings is 1. The lowest BCUT2D eigenvalue weighted by Gasteiger charge is -2.13. The van der Waals surface area contributed by atoms with Gasteiger partial charge in [-0.15, -0.1) is 0 Å². The molecule has 1 unspecified atom stereocenters. The molecular weight excluding hydrogens is 288 g/mol. The highest BCUT2D eigenvalue weighted by Crippen LogP contribution is 2.12. The van der Waals surface area contributed by atoms with E-state index in [9.17, 15) is 0 Å². The summed E-state index contributed by atoms with van der Waals surface area (Å²) in [6, 6.07) is 13.0. The van der Waals surface area contributed by atoms with Gasteiger partial charge in [-0.3, -0.25) is 4.98 Å². The first-order valence-electron chi connectivity index (χ1n) is 6.11. The molecule has 1 heterocycles. The van der Waals surface area contributed by atoms with E-state index in [0.717, 1.165) is 17.4 Å². The Morgan fingerprint density at radius 2 is 1.94 bits per heavy atom. The van der Waals surface area contributed by atoms with Crippen LogP contribution in [0.25, 0.3) is 0 Å². The van der Waals surface area contributed by atoms with E-state index >= 15 is 0 Å². The SMILES string of the molecule is CC(Cc1ccc(Br)cc1)NCc1cccnc1. The number of hydrogen-bond acceptors (Lipinski definition) is 2. The summed E-state index contributed by atoms with van der Waals surface area (Å²) in [5, 5.41) is 3.51. The van der Waals surface area contributed by atoms with Crippen LogP contribution < -0.4 is 5.32 Å². The summed E-state index contributed by atoms with van der Waals surface area (Å²) in [7, 11) is 0. The van der Waals surface area contributed by atoms with Crippen molar-refractivity contribution in [2.24, 2.45) is 0 Å². The van der Waals surface area contributed by atoms with Gasteiger partial charge in [0.1, 0.15) is 0 Å². The number of hydrogen-bond donors (Lipinski definition) is 1. The first-order valence-corrected chi connectivity index (χ1v) is 6.90. The maximum Gasteiger partial charge on any atom is 0.0312 e. The zero-order valence-electron chi connectivity index (χ0n) is 10.4. The van der Waals surface area contributed by atoms with E-state index in [1.807, 2.05) is 12.3 Å². The fraction of sp³-hybridized carbons (Fsp3) is 0.267. The van der Waals surface area contributed by atoms with Crippen molar-refractivity contribution in [1.82, 2.24) is 10.3 Å². The molecule has 0 aliphatic rings. The number of rotatable bonds is 5. The van der Waals surface area contributed by atoms with E-state index in [2.05, 4.69) is 63.5 Å². The Labute approximate surface area is 117 Å². The average molecular weight is 305 g/mol. The third-order valence-corrected chi connectivity index (χ3v) is 3.36. The van der Waals surface area contributed by atoms with Gasteiger partial charge in [0.05, 0.1) is 0 Å². The molecule has 0 saturated carbocycles. The zero-order chi connectivity index (χ0) is 12.8. The molecule has 0 spiro atoms. The molecule has 0 saturated heterocycles. The van der Waals surface area contributed by atoms with Crippen LogP contribution in [0, 0.1) is 0 Å². The van der Waals surface area contributed by atoms with Gasteiger partial charge in [0.15, 0.2) is 0 Å². The Morgan fingerprint density at radius 1 is 1.17 bits per heavy atom. The Kier molecular flexibility index (Phi) is 4.90. The molecule has 1 aromatic heterocycles. The molecule has 0 fully saturated rings. The predicted octanol–water partition coefficient (Wildman–Crippen LogP) is 3.56. The van der Waals surface area contributed by atoms with E-state index in [4.69, 9.17) is 0 Å². The molecule has 1 N–H and O–H groups in total. The quantitative estimate of drug-likeness (QED) is 0.913. The second kappa shape index (κ2) is 6.66. The van der Waals surface area contributed by atoms with Crippen LogP contribution in [0.5, 0.6) is 0 Å². The van der Waals surface area contributed by atoms with Crippen molar-refractivity contribution in [3.63, 3.8) is 0 Å². The Bertz CT molecular complexity index is 468. The van der Waals surface area contributed by atoms with Gasteiger partial charge < -0.3 is 5.32 Å². The topological polar surface area (TPSA) is 24.9 Å². The van der Waals surface area contributed by atoms with Crippen LogP contribution in [0.4, 0.5) is 0 Å². The first-order chi connectivity index (χ1) is 8.74. The molecule has 1 aromatic carbocycles. The van der Waals surface area contributed by atoms with E-state index < -0.39 is 0 Å². The summed E-state index contributed by atoms with van der Waals surface area (Å²) in [6.45, 7) is 3.07. The molecule has 2 nitrogen and oxygen atoms in total. The first kappa shape index (κ1) is 13.2. The zero-order valence-corrected chi connectivity index (χ0v) is 12.0. The molecule has 2 aromatic rings. The van der Waals surface area contributed by atoms with Gasteiger partial charge >= 0.3 is 0 Å². The number of aromatic nitrogens is 1. The van der Waals surface area contributed by atoms with Crippen LogP contribution in [-0.4, -0.2) is 11.0 Å². The summed E-state index contributed by atoms with van der Waals surface area (Å²) in [6.07, 6.45) is 4.74. The third-order valence-electron chi connectivity index (χ3n) is 2.83. The van der Waals surface area contributed by atoms with E-state index in [0.29, 0.717) is 6.04 Å². The minimum atomic E-state index is 0.450. The Hall–Kier alpha value is -1.19. The molecule has 2 rings (SSSR count). The average Bonchev–Trinajstić information content (AvgIpc) is 2.40. The van der Waals surface area contributed by atoms with E-state index in [-0.39, 0.29) is 0 Å². The van der Waals surface area contributed by atoms with Crippen LogP contribution in [0.3, 0.4) is 0 Å². The molecule has 0 aliphatic heterocycles. The van der Waals surface area contributed by atoms with Crippen LogP contribution in [0.15, 0.2) is 53.3 Å². The van der Waals surface area contributed by atoms with Crippen molar-refractivity contribution in [1.29, 1.82) is 0 Å². The van der Waals surface area contributed by atoms with Gasteiger partial charge in [-0.05, 0) is 42.7 Å². The lowest BCUT2D eigenvalue weighted by molar-refractivity contribution is 0.545. The van der Waals surface area contributed by atoms with Gasteiger partial charge in [-0.2, -0.15) is 0 Å². The van der Waals surface area contributed by atoms with E-state index in [1.165, 1.54) is 11.1 Å². The molecule has 0 radical (unpaired) electrons. The minimum absolute atomic E-state index is 0.450. The van der Waals surface area contributed by atoms with Crippen LogP contribution in [-0.2, 0) is 13.0 Å². The lowest BCUT2D eigenvalue weighted by Crippen LogP contribution is -2.27. The van der Waals surface area contributed by atoms with Gasteiger partial charge in [-0.25, -0.2) is 0 Å². The summed E-state index contributed by atoms with van der Waals surface area (Å²) in [5.41, 5.74) is 2.57. The van der Waals surface area contributed by atoms with E-state index in [1.54, 1.807) is 6.20 Å². The molecule has 0 bridgehead atoms. The number of halogens is 1. The summed E-state index contributed by atoms with van der Waals surface area (Å²) < 4.78 is 1.13. The Balaban J connectivity index is 1.82. The number of nitrogens with one attached hydrogen (secondary N) is 1. The van der Waals surface area contributed by atoms with Gasteiger partial charge in [0.25, 0.3) is 0 Å². The molecule has 94 valence electrons. The summed E-state index contributed by atoms with van der Waals surface area (Å²) in [4.78, 5) is 4.11. The molecule has 0 aliphatic carbocycles. The summed E-state index contributed by atoms with van der Waals surface area (Å²) in [5.74, 6) is 0. The maximum absolute atomic E-state index is 4.11. The van der Waals surface area contributed by atoms with Crippen molar-refractivity contribution < 1.29 is 0 Å². The highest BCUT2D eigenvalue weighted by Gasteiger charge is 2.03. The monoisotopic (exact) mass is 304 g/mol. The standard InChI is InChI=1S/C15H17BrN2/c1-12(9-13-4-6-15(16)7-5-13)18-11-14-3-2-8-17-10-14/h2-8,10,12,18H,9,11H2,1H3. The van der Waals surface area contributed by atoms with Crippen LogP contribution in [0.2, 0.25) is 0 Å². The normalized spacial score (nSPS) is 12.3. The Morgan fingerprint density at radius 3 is 2.61 bits per heavy atom. The number of nitrogens with zero attached hydrogens (tertiary/aromatic N) is 1. The largest absolute Gasteiger partial charge is 0.310 e. The van der Waals surface area contributed by atoms with Gasteiger partial charge in [0.2, 0.25) is 0 Å². The molecule has 0 amide bonds. The third kappa shape index (κ3) is 4.24. The highest BCUT2D eigenvalue weighted by atomic mass is 79.9. The highest BCUT2D eigenvalue weighted by molar-refractivity contribution is 9.10. The van der Waals surface area contributed by atoms with Crippen molar-refractivity contribution >= 4 is 15.9 Å².